The molecule has 0 aromatic heterocycles. The second kappa shape index (κ2) is 15.3. The number of rotatable bonds is 17. The third-order valence-corrected chi connectivity index (χ3v) is 6.86. The molecule has 2 amide bonds. The number of aliphatic carboxylic acids is 1. The summed E-state index contributed by atoms with van der Waals surface area (Å²) in [6.45, 7) is 11.6. The number of Topliss-reactive ketones (excluding diaryl/α,β-unsaturated/α-hetero) is 3. The second-order valence-corrected chi connectivity index (χ2v) is 11.5. The van der Waals surface area contributed by atoms with Crippen LogP contribution in [0.15, 0.2) is 30.3 Å². The summed E-state index contributed by atoms with van der Waals surface area (Å²) in [6, 6.07) is 6.99. The first-order valence-electron chi connectivity index (χ1n) is 13.6. The molecular formula is C30H44N2O7. The Hall–Kier alpha value is -3.36. The lowest BCUT2D eigenvalue weighted by molar-refractivity contribution is -0.150. The van der Waals surface area contributed by atoms with Gasteiger partial charge in [0.1, 0.15) is 5.78 Å². The van der Waals surface area contributed by atoms with Gasteiger partial charge in [-0.25, -0.2) is 0 Å². The quantitative estimate of drug-likeness (QED) is 0.254. The van der Waals surface area contributed by atoms with E-state index in [2.05, 4.69) is 10.6 Å². The minimum atomic E-state index is -1.33. The van der Waals surface area contributed by atoms with E-state index in [1.54, 1.807) is 6.92 Å². The van der Waals surface area contributed by atoms with Crippen LogP contribution >= 0.6 is 0 Å². The first-order valence-corrected chi connectivity index (χ1v) is 13.6. The Kier molecular flexibility index (Phi) is 13.2. The fourth-order valence-electron chi connectivity index (χ4n) is 4.23. The zero-order chi connectivity index (χ0) is 29.9. The van der Waals surface area contributed by atoms with Gasteiger partial charge in [-0.3, -0.25) is 28.8 Å². The van der Waals surface area contributed by atoms with Crippen LogP contribution in [0.1, 0.15) is 79.7 Å². The minimum absolute atomic E-state index is 0.00989. The highest BCUT2D eigenvalue weighted by molar-refractivity contribution is 6.38. The molecule has 0 fully saturated rings. The lowest BCUT2D eigenvalue weighted by Gasteiger charge is -2.27. The Morgan fingerprint density at radius 1 is 0.923 bits per heavy atom. The summed E-state index contributed by atoms with van der Waals surface area (Å²) < 4.78 is 0. The Morgan fingerprint density at radius 2 is 1.51 bits per heavy atom. The number of carbonyl (C=O) groups is 6. The van der Waals surface area contributed by atoms with Crippen molar-refractivity contribution in [1.82, 2.24) is 10.6 Å². The number of hydrogen-bond donors (Lipinski definition) is 3. The molecule has 9 heteroatoms. The summed E-state index contributed by atoms with van der Waals surface area (Å²) in [5, 5.41) is 14.4. The van der Waals surface area contributed by atoms with Crippen molar-refractivity contribution in [3.63, 3.8) is 0 Å². The molecule has 4 atom stereocenters. The van der Waals surface area contributed by atoms with E-state index in [0.29, 0.717) is 12.8 Å². The summed E-state index contributed by atoms with van der Waals surface area (Å²) in [6.07, 6.45) is 0.841. The minimum Gasteiger partial charge on any atom is -0.481 e. The van der Waals surface area contributed by atoms with Crippen molar-refractivity contribution in [2.45, 2.75) is 92.7 Å². The number of hydrogen-bond acceptors (Lipinski definition) is 6. The van der Waals surface area contributed by atoms with E-state index in [4.69, 9.17) is 0 Å². The average molecular weight is 545 g/mol. The van der Waals surface area contributed by atoms with Crippen molar-refractivity contribution in [3.8, 4) is 0 Å². The zero-order valence-corrected chi connectivity index (χ0v) is 24.2. The smallest absolute Gasteiger partial charge is 0.309 e. The molecule has 1 aromatic rings. The van der Waals surface area contributed by atoms with Crippen LogP contribution in [0.3, 0.4) is 0 Å². The van der Waals surface area contributed by atoms with Gasteiger partial charge in [0.25, 0.3) is 5.91 Å². The Morgan fingerprint density at radius 3 is 2.03 bits per heavy atom. The van der Waals surface area contributed by atoms with Crippen LogP contribution in [0.25, 0.3) is 0 Å². The van der Waals surface area contributed by atoms with Crippen molar-refractivity contribution in [2.24, 2.45) is 23.2 Å². The van der Waals surface area contributed by atoms with E-state index >= 15 is 0 Å². The van der Waals surface area contributed by atoms with Gasteiger partial charge < -0.3 is 15.7 Å². The Labute approximate surface area is 231 Å². The number of nitrogens with one attached hydrogen (secondary N) is 2. The molecule has 0 aliphatic heterocycles. The molecule has 0 heterocycles. The molecule has 9 nitrogen and oxygen atoms in total. The molecule has 1 rings (SSSR count). The normalized spacial score (nSPS) is 14.6. The van der Waals surface area contributed by atoms with Gasteiger partial charge in [0, 0.05) is 25.2 Å². The number of carbonyl (C=O) groups excluding carboxylic acids is 5. The molecule has 0 saturated carbocycles. The van der Waals surface area contributed by atoms with Crippen LogP contribution in [0.5, 0.6) is 0 Å². The highest BCUT2D eigenvalue weighted by atomic mass is 16.4. The van der Waals surface area contributed by atoms with Crippen LogP contribution in [-0.4, -0.2) is 52.3 Å². The topological polar surface area (TPSA) is 147 Å². The summed E-state index contributed by atoms with van der Waals surface area (Å²) in [5.41, 5.74) is -0.481. The largest absolute Gasteiger partial charge is 0.481 e. The Bertz CT molecular complexity index is 1030. The summed E-state index contributed by atoms with van der Waals surface area (Å²) in [4.78, 5) is 75.7. The van der Waals surface area contributed by atoms with Crippen LogP contribution in [-0.2, 0) is 35.2 Å². The van der Waals surface area contributed by atoms with Gasteiger partial charge in [-0.15, -0.1) is 0 Å². The molecule has 0 saturated heterocycles. The van der Waals surface area contributed by atoms with Crippen LogP contribution in [0.4, 0.5) is 0 Å². The molecule has 39 heavy (non-hydrogen) atoms. The molecule has 0 spiro atoms. The monoisotopic (exact) mass is 544 g/mol. The summed E-state index contributed by atoms with van der Waals surface area (Å²) in [7, 11) is 0. The second-order valence-electron chi connectivity index (χ2n) is 11.5. The van der Waals surface area contributed by atoms with Crippen molar-refractivity contribution in [1.29, 1.82) is 0 Å². The summed E-state index contributed by atoms with van der Waals surface area (Å²) in [5.74, 6) is -5.05. The molecule has 0 radical (unpaired) electrons. The number of ketones is 3. The SMILES string of the molecule is CCC(C)C(NC(=O)C(=O)C(C)NC(=O)C(CC(=O)Cc1ccccc1)CC(C)C)C(=O)CC(C)(C)C(=O)O. The van der Waals surface area contributed by atoms with Gasteiger partial charge in [-0.05, 0) is 44.6 Å². The van der Waals surface area contributed by atoms with Gasteiger partial charge in [0.2, 0.25) is 11.7 Å². The molecule has 4 unspecified atom stereocenters. The fraction of sp³-hybridized carbons (Fsp3) is 0.600. The molecule has 216 valence electrons. The van der Waals surface area contributed by atoms with Crippen LogP contribution < -0.4 is 10.6 Å². The number of benzene rings is 1. The molecule has 0 aliphatic rings. The molecular weight excluding hydrogens is 500 g/mol. The number of carboxylic acids is 1. The van der Waals surface area contributed by atoms with E-state index in [-0.39, 0.29) is 36.9 Å². The van der Waals surface area contributed by atoms with E-state index in [1.807, 2.05) is 51.1 Å². The molecule has 0 bridgehead atoms. The standard InChI is InChI=1S/C30H44N2O7/c1-8-19(4)25(24(34)17-30(6,7)29(38)39)32-28(37)26(35)20(5)31-27(36)22(14-18(2)3)16-23(33)15-21-12-10-9-11-13-21/h9-13,18-20,22,25H,8,14-17H2,1-7H3,(H,31,36)(H,32,37)(H,38,39). The van der Waals surface area contributed by atoms with Crippen molar-refractivity contribution < 1.29 is 33.9 Å². The fourth-order valence-corrected chi connectivity index (χ4v) is 4.23. The molecule has 3 N–H and O–H groups in total. The van der Waals surface area contributed by atoms with Crippen molar-refractivity contribution >= 4 is 35.1 Å². The van der Waals surface area contributed by atoms with E-state index < -0.39 is 52.8 Å². The molecule has 0 aliphatic carbocycles. The van der Waals surface area contributed by atoms with Gasteiger partial charge >= 0.3 is 5.97 Å². The predicted molar refractivity (Wildman–Crippen MR) is 148 cm³/mol. The number of amides is 2. The van der Waals surface area contributed by atoms with E-state index in [0.717, 1.165) is 5.56 Å². The maximum Gasteiger partial charge on any atom is 0.309 e. The van der Waals surface area contributed by atoms with Crippen molar-refractivity contribution in [2.75, 3.05) is 0 Å². The van der Waals surface area contributed by atoms with Gasteiger partial charge in [-0.1, -0.05) is 64.4 Å². The third-order valence-electron chi connectivity index (χ3n) is 6.86. The van der Waals surface area contributed by atoms with Crippen LogP contribution in [0, 0.1) is 23.2 Å². The third kappa shape index (κ3) is 11.1. The van der Waals surface area contributed by atoms with E-state index in [9.17, 15) is 33.9 Å². The Balaban J connectivity index is 2.89. The maximum absolute atomic E-state index is 13.1. The summed E-state index contributed by atoms with van der Waals surface area (Å²) >= 11 is 0. The predicted octanol–water partition coefficient (Wildman–Crippen LogP) is 3.53. The first kappa shape index (κ1) is 33.7. The van der Waals surface area contributed by atoms with Crippen LogP contribution in [0.2, 0.25) is 0 Å². The van der Waals surface area contributed by atoms with E-state index in [1.165, 1.54) is 20.8 Å². The number of carboxylic acid groups (broad SMARTS) is 1. The maximum atomic E-state index is 13.1. The van der Waals surface area contributed by atoms with Crippen molar-refractivity contribution in [3.05, 3.63) is 35.9 Å². The van der Waals surface area contributed by atoms with Gasteiger partial charge in [-0.2, -0.15) is 0 Å². The lowest BCUT2D eigenvalue weighted by Crippen LogP contribution is -2.53. The first-order chi connectivity index (χ1) is 18.1. The van der Waals surface area contributed by atoms with Gasteiger partial charge in [0.15, 0.2) is 5.78 Å². The average Bonchev–Trinajstić information content (AvgIpc) is 2.85. The highest BCUT2D eigenvalue weighted by Crippen LogP contribution is 2.24. The molecule has 1 aromatic carbocycles. The van der Waals surface area contributed by atoms with Gasteiger partial charge in [0.05, 0.1) is 17.5 Å². The highest BCUT2D eigenvalue weighted by Gasteiger charge is 2.37. The zero-order valence-electron chi connectivity index (χ0n) is 24.2. The lowest BCUT2D eigenvalue weighted by atomic mass is 9.82.